The monoisotopic (exact) mass is 319 g/mol. The molecule has 3 rings (SSSR count). The molecule has 1 aromatic carbocycles. The molecule has 0 aliphatic carbocycles. The van der Waals surface area contributed by atoms with Gasteiger partial charge in [0.15, 0.2) is 0 Å². The minimum atomic E-state index is -0.265. The number of likely N-dealkylation sites (tertiary alicyclic amines) is 2. The number of rotatable bonds is 5. The second-order valence-electron chi connectivity index (χ2n) is 6.62. The Labute approximate surface area is 137 Å². The average molecular weight is 319 g/mol. The van der Waals surface area contributed by atoms with Gasteiger partial charge in [0.1, 0.15) is 5.82 Å². The molecule has 1 N–H and O–H groups in total. The summed E-state index contributed by atoms with van der Waals surface area (Å²) in [5, 5.41) is 2.82. The van der Waals surface area contributed by atoms with Crippen LogP contribution in [0.5, 0.6) is 0 Å². The van der Waals surface area contributed by atoms with Crippen LogP contribution in [0.4, 0.5) is 4.39 Å². The van der Waals surface area contributed by atoms with Crippen LogP contribution >= 0.6 is 0 Å². The van der Waals surface area contributed by atoms with Gasteiger partial charge in [0.2, 0.25) is 5.91 Å². The first-order valence-corrected chi connectivity index (χ1v) is 8.69. The number of carbonyl (C=O) groups is 1. The second-order valence-corrected chi connectivity index (χ2v) is 6.62. The van der Waals surface area contributed by atoms with Crippen LogP contribution in [0.15, 0.2) is 24.3 Å². The summed E-state index contributed by atoms with van der Waals surface area (Å²) in [6.45, 7) is 5.13. The predicted molar refractivity (Wildman–Crippen MR) is 88.5 cm³/mol. The molecule has 4 nitrogen and oxygen atoms in total. The lowest BCUT2D eigenvalue weighted by molar-refractivity contribution is -0.122. The van der Waals surface area contributed by atoms with E-state index in [0.29, 0.717) is 18.2 Å². The van der Waals surface area contributed by atoms with Crippen molar-refractivity contribution in [2.45, 2.75) is 38.3 Å². The van der Waals surface area contributed by atoms with Gasteiger partial charge >= 0.3 is 0 Å². The minimum absolute atomic E-state index is 0.0205. The van der Waals surface area contributed by atoms with Crippen LogP contribution < -0.4 is 5.32 Å². The molecule has 2 aliphatic rings. The molecule has 2 fully saturated rings. The zero-order valence-corrected chi connectivity index (χ0v) is 13.6. The quantitative estimate of drug-likeness (QED) is 0.902. The van der Waals surface area contributed by atoms with Crippen molar-refractivity contribution in [1.82, 2.24) is 15.1 Å². The fourth-order valence-corrected chi connectivity index (χ4v) is 3.64. The Bertz CT molecular complexity index is 523. The van der Waals surface area contributed by atoms with E-state index in [2.05, 4.69) is 15.1 Å². The van der Waals surface area contributed by atoms with E-state index < -0.39 is 0 Å². The summed E-state index contributed by atoms with van der Waals surface area (Å²) in [5.41, 5.74) is 0.536. The summed E-state index contributed by atoms with van der Waals surface area (Å²) < 4.78 is 13.5. The van der Waals surface area contributed by atoms with Gasteiger partial charge in [-0.1, -0.05) is 18.2 Å². The molecule has 1 aromatic rings. The molecule has 5 heteroatoms. The van der Waals surface area contributed by atoms with Crippen molar-refractivity contribution in [2.24, 2.45) is 0 Å². The number of hydrogen-bond donors (Lipinski definition) is 1. The fourth-order valence-electron chi connectivity index (χ4n) is 3.64. The number of carbonyl (C=O) groups excluding carboxylic acids is 1. The van der Waals surface area contributed by atoms with Crippen LogP contribution in [0.1, 0.15) is 31.2 Å². The van der Waals surface area contributed by atoms with Gasteiger partial charge in [-0.05, 0) is 44.8 Å². The van der Waals surface area contributed by atoms with Crippen molar-refractivity contribution < 1.29 is 9.18 Å². The first kappa shape index (κ1) is 16.4. The summed E-state index contributed by atoms with van der Waals surface area (Å²) in [6.07, 6.45) is 4.97. The van der Waals surface area contributed by atoms with Gasteiger partial charge < -0.3 is 10.2 Å². The van der Waals surface area contributed by atoms with Gasteiger partial charge in [-0.2, -0.15) is 0 Å². The summed E-state index contributed by atoms with van der Waals surface area (Å²) in [4.78, 5) is 16.9. The Morgan fingerprint density at radius 1 is 1.13 bits per heavy atom. The number of piperidine rings is 1. The molecule has 0 radical (unpaired) electrons. The van der Waals surface area contributed by atoms with Gasteiger partial charge in [-0.25, -0.2) is 4.39 Å². The molecule has 0 unspecified atom stereocenters. The highest BCUT2D eigenvalue weighted by Gasteiger charge is 2.26. The third kappa shape index (κ3) is 4.52. The van der Waals surface area contributed by atoms with E-state index in [-0.39, 0.29) is 18.3 Å². The van der Waals surface area contributed by atoms with Crippen LogP contribution in [0.25, 0.3) is 0 Å². The molecule has 2 heterocycles. The number of amides is 1. The molecule has 0 aromatic heterocycles. The van der Waals surface area contributed by atoms with E-state index in [9.17, 15) is 9.18 Å². The van der Waals surface area contributed by atoms with Gasteiger partial charge in [0.25, 0.3) is 0 Å². The van der Waals surface area contributed by atoms with E-state index in [1.54, 1.807) is 18.2 Å². The molecule has 0 saturated carbocycles. The number of benzene rings is 1. The topological polar surface area (TPSA) is 35.6 Å². The van der Waals surface area contributed by atoms with Crippen molar-refractivity contribution in [3.05, 3.63) is 35.6 Å². The summed E-state index contributed by atoms with van der Waals surface area (Å²) in [7, 11) is 0. The Morgan fingerprint density at radius 3 is 2.52 bits per heavy atom. The van der Waals surface area contributed by atoms with Crippen LogP contribution in [0, 0.1) is 5.82 Å². The van der Waals surface area contributed by atoms with E-state index in [1.165, 1.54) is 32.0 Å². The van der Waals surface area contributed by atoms with Crippen molar-refractivity contribution >= 4 is 5.91 Å². The van der Waals surface area contributed by atoms with E-state index in [1.807, 2.05) is 0 Å². The third-order valence-corrected chi connectivity index (χ3v) is 5.02. The second kappa shape index (κ2) is 7.88. The van der Waals surface area contributed by atoms with Crippen LogP contribution in [-0.2, 0) is 11.3 Å². The van der Waals surface area contributed by atoms with E-state index in [4.69, 9.17) is 0 Å². The molecule has 0 atom stereocenters. The molecule has 126 valence electrons. The van der Waals surface area contributed by atoms with Crippen molar-refractivity contribution in [3.63, 3.8) is 0 Å². The Balaban J connectivity index is 1.38. The molecule has 2 aliphatic heterocycles. The highest BCUT2D eigenvalue weighted by Crippen LogP contribution is 2.20. The van der Waals surface area contributed by atoms with Gasteiger partial charge in [-0.3, -0.25) is 9.69 Å². The third-order valence-electron chi connectivity index (χ3n) is 5.02. The number of nitrogens with one attached hydrogen (secondary N) is 1. The number of halogens is 1. The maximum absolute atomic E-state index is 13.5. The zero-order valence-electron chi connectivity index (χ0n) is 13.6. The first-order valence-electron chi connectivity index (χ1n) is 8.69. The van der Waals surface area contributed by atoms with E-state index >= 15 is 0 Å². The Hall–Kier alpha value is -1.46. The first-order chi connectivity index (χ1) is 11.2. The van der Waals surface area contributed by atoms with E-state index in [0.717, 1.165) is 25.9 Å². The SMILES string of the molecule is O=C(CN1CCC(N2CCCC2)CC1)NCc1ccccc1F. The molecule has 2 saturated heterocycles. The highest BCUT2D eigenvalue weighted by atomic mass is 19.1. The van der Waals surface area contributed by atoms with Crippen LogP contribution in [0.3, 0.4) is 0 Å². The molecular formula is C18H26FN3O. The van der Waals surface area contributed by atoms with Crippen molar-refractivity contribution in [2.75, 3.05) is 32.7 Å². The normalized spacial score (nSPS) is 20.7. The average Bonchev–Trinajstić information content (AvgIpc) is 3.09. The maximum atomic E-state index is 13.5. The molecule has 0 spiro atoms. The molecule has 23 heavy (non-hydrogen) atoms. The summed E-state index contributed by atoms with van der Waals surface area (Å²) in [5.74, 6) is -0.285. The standard InChI is InChI=1S/C18H26FN3O/c19-17-6-2-1-5-15(17)13-20-18(23)14-21-11-7-16(8-12-21)22-9-3-4-10-22/h1-2,5-6,16H,3-4,7-14H2,(H,20,23). The van der Waals surface area contributed by atoms with Crippen molar-refractivity contribution in [3.8, 4) is 0 Å². The summed E-state index contributed by atoms with van der Waals surface area (Å²) in [6, 6.07) is 7.27. The molecule has 1 amide bonds. The van der Waals surface area contributed by atoms with Crippen molar-refractivity contribution in [1.29, 1.82) is 0 Å². The lowest BCUT2D eigenvalue weighted by Gasteiger charge is -2.36. The zero-order chi connectivity index (χ0) is 16.1. The largest absolute Gasteiger partial charge is 0.351 e. The van der Waals surface area contributed by atoms with Gasteiger partial charge in [0.05, 0.1) is 6.54 Å². The van der Waals surface area contributed by atoms with Gasteiger partial charge in [-0.15, -0.1) is 0 Å². The Morgan fingerprint density at radius 2 is 1.83 bits per heavy atom. The van der Waals surface area contributed by atoms with Crippen LogP contribution in [0.2, 0.25) is 0 Å². The highest BCUT2D eigenvalue weighted by molar-refractivity contribution is 5.78. The fraction of sp³-hybridized carbons (Fsp3) is 0.611. The number of hydrogen-bond acceptors (Lipinski definition) is 3. The minimum Gasteiger partial charge on any atom is -0.351 e. The van der Waals surface area contributed by atoms with Gasteiger partial charge in [0, 0.05) is 31.2 Å². The van der Waals surface area contributed by atoms with Crippen LogP contribution in [-0.4, -0.2) is 54.5 Å². The predicted octanol–water partition coefficient (Wildman–Crippen LogP) is 2.00. The molecular weight excluding hydrogens is 293 g/mol. The molecule has 0 bridgehead atoms. The smallest absolute Gasteiger partial charge is 0.234 e. The maximum Gasteiger partial charge on any atom is 0.234 e. The number of nitrogens with zero attached hydrogens (tertiary/aromatic N) is 2. The Kier molecular flexibility index (Phi) is 5.62. The lowest BCUT2D eigenvalue weighted by atomic mass is 10.0. The summed E-state index contributed by atoms with van der Waals surface area (Å²) >= 11 is 0. The lowest BCUT2D eigenvalue weighted by Crippen LogP contribution is -2.46.